The number of nitrogens with zero attached hydrogens (tertiary/aromatic N) is 1. The molecule has 0 bridgehead atoms. The number of likely N-dealkylation sites (tertiary alicyclic amines) is 1. The maximum Gasteiger partial charge on any atom is 0.240 e. The van der Waals surface area contributed by atoms with E-state index in [-0.39, 0.29) is 23.3 Å². The molecule has 2 aliphatic heterocycles. The van der Waals surface area contributed by atoms with Crippen LogP contribution >= 0.6 is 0 Å². The van der Waals surface area contributed by atoms with Gasteiger partial charge in [-0.3, -0.25) is 9.59 Å². The Balaban J connectivity index is 1.97. The molecule has 5 nitrogen and oxygen atoms in total. The average Bonchev–Trinajstić information content (AvgIpc) is 2.35. The van der Waals surface area contributed by atoms with E-state index in [9.17, 15) is 9.59 Å². The van der Waals surface area contributed by atoms with Crippen molar-refractivity contribution in [3.63, 3.8) is 0 Å². The van der Waals surface area contributed by atoms with Gasteiger partial charge in [-0.2, -0.15) is 0 Å². The van der Waals surface area contributed by atoms with Crippen LogP contribution in [-0.4, -0.2) is 41.9 Å². The fourth-order valence-corrected chi connectivity index (χ4v) is 2.88. The smallest absolute Gasteiger partial charge is 0.240 e. The van der Waals surface area contributed by atoms with Crippen molar-refractivity contribution in [2.24, 2.45) is 17.1 Å². The fourth-order valence-electron chi connectivity index (χ4n) is 2.88. The maximum absolute atomic E-state index is 12.4. The summed E-state index contributed by atoms with van der Waals surface area (Å²) in [6, 6.07) is -0.210. The molecule has 3 N–H and O–H groups in total. The van der Waals surface area contributed by atoms with E-state index in [4.69, 9.17) is 5.73 Å². The Kier molecular flexibility index (Phi) is 3.85. The zero-order chi connectivity index (χ0) is 14.2. The second kappa shape index (κ2) is 5.12. The monoisotopic (exact) mass is 267 g/mol. The number of piperidine rings is 2. The number of carbonyl (C=O) groups excluding carboxylic acids is 2. The molecule has 2 saturated heterocycles. The Morgan fingerprint density at radius 2 is 2.11 bits per heavy atom. The van der Waals surface area contributed by atoms with Gasteiger partial charge in [0.15, 0.2) is 0 Å². The predicted molar refractivity (Wildman–Crippen MR) is 73.3 cm³/mol. The number of rotatable bonds is 1. The molecule has 2 rings (SSSR count). The Hall–Kier alpha value is -1.10. The zero-order valence-corrected chi connectivity index (χ0v) is 12.1. The zero-order valence-electron chi connectivity index (χ0n) is 12.1. The highest BCUT2D eigenvalue weighted by molar-refractivity contribution is 5.83. The maximum atomic E-state index is 12.4. The van der Waals surface area contributed by atoms with Gasteiger partial charge in [-0.05, 0) is 24.2 Å². The van der Waals surface area contributed by atoms with Crippen LogP contribution in [0, 0.1) is 11.3 Å². The van der Waals surface area contributed by atoms with Gasteiger partial charge < -0.3 is 16.0 Å². The molecule has 2 amide bonds. The first-order valence-electron chi connectivity index (χ1n) is 7.13. The number of nitrogens with two attached hydrogens (primary N) is 1. The fraction of sp³-hybridized carbons (Fsp3) is 0.857. The van der Waals surface area contributed by atoms with Gasteiger partial charge in [-0.25, -0.2) is 0 Å². The van der Waals surface area contributed by atoms with Gasteiger partial charge in [-0.15, -0.1) is 0 Å². The molecule has 2 unspecified atom stereocenters. The van der Waals surface area contributed by atoms with E-state index < -0.39 is 6.04 Å². The molecule has 3 atom stereocenters. The van der Waals surface area contributed by atoms with E-state index in [2.05, 4.69) is 5.32 Å². The standard InChI is InChI=1S/C14H25N3O2/c1-14(2,3)12(15)13(19)17-7-6-10-9(8-17)4-5-11(18)16-10/h9-10,12H,4-8,15H2,1-3H3,(H,16,18)/t9?,10?,12-/m1/s1. The van der Waals surface area contributed by atoms with Gasteiger partial charge in [0, 0.05) is 25.6 Å². The quantitative estimate of drug-likeness (QED) is 0.726. The van der Waals surface area contributed by atoms with Crippen molar-refractivity contribution in [3.8, 4) is 0 Å². The van der Waals surface area contributed by atoms with Gasteiger partial charge in [0.25, 0.3) is 0 Å². The first-order valence-corrected chi connectivity index (χ1v) is 7.13. The summed E-state index contributed by atoms with van der Waals surface area (Å²) in [7, 11) is 0. The second-order valence-corrected chi connectivity index (χ2v) is 6.89. The van der Waals surface area contributed by atoms with E-state index in [1.54, 1.807) is 0 Å². The third-order valence-electron chi connectivity index (χ3n) is 4.33. The summed E-state index contributed by atoms with van der Waals surface area (Å²) in [5.41, 5.74) is 5.84. The van der Waals surface area contributed by atoms with Crippen molar-refractivity contribution in [3.05, 3.63) is 0 Å². The van der Waals surface area contributed by atoms with E-state index in [1.165, 1.54) is 0 Å². The van der Waals surface area contributed by atoms with Crippen molar-refractivity contribution in [1.29, 1.82) is 0 Å². The van der Waals surface area contributed by atoms with Gasteiger partial charge in [-0.1, -0.05) is 20.8 Å². The van der Waals surface area contributed by atoms with Crippen molar-refractivity contribution >= 4 is 11.8 Å². The lowest BCUT2D eigenvalue weighted by Crippen LogP contribution is -2.58. The van der Waals surface area contributed by atoms with Crippen LogP contribution in [0.3, 0.4) is 0 Å². The van der Waals surface area contributed by atoms with Gasteiger partial charge >= 0.3 is 0 Å². The summed E-state index contributed by atoms with van der Waals surface area (Å²) < 4.78 is 0. The van der Waals surface area contributed by atoms with Crippen LogP contribution in [0.4, 0.5) is 0 Å². The summed E-state index contributed by atoms with van der Waals surface area (Å²) >= 11 is 0. The Morgan fingerprint density at radius 1 is 1.42 bits per heavy atom. The minimum Gasteiger partial charge on any atom is -0.353 e. The molecule has 0 radical (unpaired) electrons. The van der Waals surface area contributed by atoms with Crippen molar-refractivity contribution in [2.45, 2.75) is 52.1 Å². The summed E-state index contributed by atoms with van der Waals surface area (Å²) in [5.74, 6) is 0.581. The third kappa shape index (κ3) is 3.08. The number of nitrogens with one attached hydrogen (secondary N) is 1. The number of amides is 2. The van der Waals surface area contributed by atoms with E-state index in [0.29, 0.717) is 18.9 Å². The molecule has 0 aromatic heterocycles. The van der Waals surface area contributed by atoms with Gasteiger partial charge in [0.2, 0.25) is 11.8 Å². The molecule has 0 aliphatic carbocycles. The van der Waals surface area contributed by atoms with E-state index in [1.807, 2.05) is 25.7 Å². The molecule has 0 aromatic carbocycles. The largest absolute Gasteiger partial charge is 0.353 e. The van der Waals surface area contributed by atoms with Crippen molar-refractivity contribution < 1.29 is 9.59 Å². The van der Waals surface area contributed by atoms with E-state index in [0.717, 1.165) is 19.4 Å². The molecule has 5 heteroatoms. The predicted octanol–water partition coefficient (Wildman–Crippen LogP) is 0.487. The van der Waals surface area contributed by atoms with Gasteiger partial charge in [0.05, 0.1) is 6.04 Å². The van der Waals surface area contributed by atoms with Crippen molar-refractivity contribution in [1.82, 2.24) is 10.2 Å². The summed E-state index contributed by atoms with van der Waals surface area (Å²) in [4.78, 5) is 25.6. The lowest BCUT2D eigenvalue weighted by molar-refractivity contribution is -0.138. The molecule has 2 aliphatic rings. The normalized spacial score (nSPS) is 29.5. The first kappa shape index (κ1) is 14.3. The van der Waals surface area contributed by atoms with E-state index >= 15 is 0 Å². The lowest BCUT2D eigenvalue weighted by atomic mass is 9.83. The number of fused-ring (bicyclic) bond motifs is 1. The molecule has 0 saturated carbocycles. The van der Waals surface area contributed by atoms with Crippen LogP contribution in [0.25, 0.3) is 0 Å². The van der Waals surface area contributed by atoms with Crippen LogP contribution in [0.5, 0.6) is 0 Å². The summed E-state index contributed by atoms with van der Waals surface area (Å²) in [5, 5.41) is 3.03. The molecule has 0 spiro atoms. The molecule has 2 heterocycles. The van der Waals surface area contributed by atoms with Crippen LogP contribution in [-0.2, 0) is 9.59 Å². The van der Waals surface area contributed by atoms with Crippen LogP contribution in [0.2, 0.25) is 0 Å². The topological polar surface area (TPSA) is 75.4 Å². The first-order chi connectivity index (χ1) is 8.79. The minimum absolute atomic E-state index is 0.0443. The molecule has 108 valence electrons. The summed E-state index contributed by atoms with van der Waals surface area (Å²) in [6.45, 7) is 7.40. The molecular formula is C14H25N3O2. The highest BCUT2D eigenvalue weighted by Gasteiger charge is 2.38. The summed E-state index contributed by atoms with van der Waals surface area (Å²) in [6.07, 6.45) is 2.30. The van der Waals surface area contributed by atoms with Crippen LogP contribution < -0.4 is 11.1 Å². The highest BCUT2D eigenvalue weighted by atomic mass is 16.2. The number of hydrogen-bond donors (Lipinski definition) is 2. The van der Waals surface area contributed by atoms with Crippen LogP contribution in [0.1, 0.15) is 40.0 Å². The third-order valence-corrected chi connectivity index (χ3v) is 4.33. The lowest BCUT2D eigenvalue weighted by Gasteiger charge is -2.43. The van der Waals surface area contributed by atoms with Crippen LogP contribution in [0.15, 0.2) is 0 Å². The Labute approximate surface area is 114 Å². The minimum atomic E-state index is -0.456. The molecule has 0 aromatic rings. The Bertz CT molecular complexity index is 375. The number of carbonyl (C=O) groups is 2. The molecule has 2 fully saturated rings. The number of hydrogen-bond acceptors (Lipinski definition) is 3. The SMILES string of the molecule is CC(C)(C)[C@H](N)C(=O)N1CCC2NC(=O)CCC2C1. The Morgan fingerprint density at radius 3 is 2.74 bits per heavy atom. The molecule has 19 heavy (non-hydrogen) atoms. The average molecular weight is 267 g/mol. The van der Waals surface area contributed by atoms with Crippen molar-refractivity contribution in [2.75, 3.05) is 13.1 Å². The second-order valence-electron chi connectivity index (χ2n) is 6.89. The highest BCUT2D eigenvalue weighted by Crippen LogP contribution is 2.27. The molecular weight excluding hydrogens is 242 g/mol. The van der Waals surface area contributed by atoms with Gasteiger partial charge in [0.1, 0.15) is 0 Å².